The first-order chi connectivity index (χ1) is 10.2. The summed E-state index contributed by atoms with van der Waals surface area (Å²) in [6.07, 6.45) is 0.297. The molecule has 4 nitrogen and oxygen atoms in total. The van der Waals surface area contributed by atoms with Gasteiger partial charge in [-0.25, -0.2) is 0 Å². The molecule has 112 valence electrons. The number of ether oxygens (including phenoxy) is 1. The van der Waals surface area contributed by atoms with Crippen molar-refractivity contribution in [2.45, 2.75) is 19.4 Å². The molecular formula is C16H19NO3S. The van der Waals surface area contributed by atoms with E-state index in [-0.39, 0.29) is 19.1 Å². The molecule has 2 N–H and O–H groups in total. The first kappa shape index (κ1) is 15.5. The van der Waals surface area contributed by atoms with E-state index in [1.165, 1.54) is 16.9 Å². The smallest absolute Gasteiger partial charge is 0.258 e. The highest BCUT2D eigenvalue weighted by Gasteiger charge is 2.10. The second-order valence-corrected chi connectivity index (χ2v) is 5.44. The Morgan fingerprint density at radius 1 is 1.33 bits per heavy atom. The van der Waals surface area contributed by atoms with Gasteiger partial charge >= 0.3 is 0 Å². The molecule has 0 saturated heterocycles. The zero-order valence-corrected chi connectivity index (χ0v) is 12.7. The summed E-state index contributed by atoms with van der Waals surface area (Å²) in [5, 5.41) is 16.3. The summed E-state index contributed by atoms with van der Waals surface area (Å²) in [5.74, 6) is 0.421. The van der Waals surface area contributed by atoms with E-state index in [1.54, 1.807) is 0 Å². The number of aryl methyl sites for hydroxylation is 1. The van der Waals surface area contributed by atoms with E-state index in [0.29, 0.717) is 5.75 Å². The molecule has 2 rings (SSSR count). The van der Waals surface area contributed by atoms with Gasteiger partial charge in [-0.1, -0.05) is 19.1 Å². The fourth-order valence-electron chi connectivity index (χ4n) is 1.81. The van der Waals surface area contributed by atoms with Gasteiger partial charge in [0.25, 0.3) is 5.91 Å². The van der Waals surface area contributed by atoms with Crippen molar-refractivity contribution in [3.8, 4) is 5.75 Å². The van der Waals surface area contributed by atoms with Crippen LogP contribution in [-0.2, 0) is 11.2 Å². The second kappa shape index (κ2) is 7.81. The fourth-order valence-corrected chi connectivity index (χ4v) is 2.52. The molecule has 0 saturated carbocycles. The Kier molecular flexibility index (Phi) is 5.78. The average Bonchev–Trinajstić information content (AvgIpc) is 3.05. The molecule has 1 aromatic carbocycles. The molecule has 0 aliphatic carbocycles. The van der Waals surface area contributed by atoms with E-state index in [9.17, 15) is 9.90 Å². The molecule has 5 heteroatoms. The number of hydrogen-bond acceptors (Lipinski definition) is 4. The highest BCUT2D eigenvalue weighted by Crippen LogP contribution is 2.15. The van der Waals surface area contributed by atoms with E-state index < -0.39 is 6.10 Å². The number of nitrogens with one attached hydrogen (secondary N) is 1. The van der Waals surface area contributed by atoms with Crippen LogP contribution in [0.25, 0.3) is 0 Å². The lowest BCUT2D eigenvalue weighted by Crippen LogP contribution is -2.32. The van der Waals surface area contributed by atoms with Crippen LogP contribution in [-0.4, -0.2) is 24.2 Å². The Morgan fingerprint density at radius 2 is 2.10 bits per heavy atom. The fraction of sp³-hybridized carbons (Fsp3) is 0.312. The monoisotopic (exact) mass is 305 g/mol. The summed E-state index contributed by atoms with van der Waals surface area (Å²) in [5.41, 5.74) is 2.04. The molecule has 0 bridgehead atoms. The topological polar surface area (TPSA) is 58.6 Å². The number of carbonyl (C=O) groups is 1. The van der Waals surface area contributed by atoms with E-state index in [2.05, 4.69) is 12.2 Å². The number of aliphatic hydroxyl groups excluding tert-OH is 1. The maximum atomic E-state index is 11.7. The minimum atomic E-state index is -0.677. The van der Waals surface area contributed by atoms with Gasteiger partial charge in [0, 0.05) is 6.54 Å². The van der Waals surface area contributed by atoms with Gasteiger partial charge in [-0.3, -0.25) is 4.79 Å². The molecular weight excluding hydrogens is 286 g/mol. The average molecular weight is 305 g/mol. The largest absolute Gasteiger partial charge is 0.484 e. The number of rotatable bonds is 7. The Balaban J connectivity index is 1.71. The third-order valence-corrected chi connectivity index (χ3v) is 3.82. The van der Waals surface area contributed by atoms with Crippen LogP contribution in [0.15, 0.2) is 41.1 Å². The third-order valence-electron chi connectivity index (χ3n) is 3.12. The van der Waals surface area contributed by atoms with Crippen LogP contribution in [0, 0.1) is 0 Å². The highest BCUT2D eigenvalue weighted by atomic mass is 32.1. The quantitative estimate of drug-likeness (QED) is 0.826. The molecule has 0 radical (unpaired) electrons. The highest BCUT2D eigenvalue weighted by molar-refractivity contribution is 7.07. The minimum Gasteiger partial charge on any atom is -0.484 e. The molecule has 1 heterocycles. The Morgan fingerprint density at radius 3 is 2.71 bits per heavy atom. The minimum absolute atomic E-state index is 0.0537. The number of thiophene rings is 1. The van der Waals surface area contributed by atoms with E-state index >= 15 is 0 Å². The number of hydrogen-bond donors (Lipinski definition) is 2. The van der Waals surface area contributed by atoms with Crippen molar-refractivity contribution in [3.05, 3.63) is 52.2 Å². The van der Waals surface area contributed by atoms with Crippen LogP contribution in [0.5, 0.6) is 5.75 Å². The van der Waals surface area contributed by atoms with Gasteiger partial charge in [-0.2, -0.15) is 11.3 Å². The molecule has 1 aromatic heterocycles. The molecule has 0 fully saturated rings. The van der Waals surface area contributed by atoms with Crippen molar-refractivity contribution in [1.82, 2.24) is 5.32 Å². The predicted molar refractivity (Wildman–Crippen MR) is 83.6 cm³/mol. The molecule has 1 unspecified atom stereocenters. The van der Waals surface area contributed by atoms with Gasteiger partial charge in [0.2, 0.25) is 0 Å². The van der Waals surface area contributed by atoms with Crippen LogP contribution in [0.1, 0.15) is 24.2 Å². The first-order valence-corrected chi connectivity index (χ1v) is 7.82. The molecule has 1 atom stereocenters. The lowest BCUT2D eigenvalue weighted by Gasteiger charge is -2.11. The lowest BCUT2D eigenvalue weighted by atomic mass is 10.2. The van der Waals surface area contributed by atoms with Crippen LogP contribution < -0.4 is 10.1 Å². The number of carbonyl (C=O) groups excluding carboxylic acids is 1. The first-order valence-electron chi connectivity index (χ1n) is 6.87. The van der Waals surface area contributed by atoms with Gasteiger partial charge in [0.1, 0.15) is 5.75 Å². The number of amides is 1. The molecule has 1 amide bonds. The van der Waals surface area contributed by atoms with Gasteiger partial charge in [-0.15, -0.1) is 0 Å². The van der Waals surface area contributed by atoms with Crippen molar-refractivity contribution in [2.75, 3.05) is 13.2 Å². The zero-order valence-electron chi connectivity index (χ0n) is 11.9. The molecule has 2 aromatic rings. The normalized spacial score (nSPS) is 11.9. The number of aliphatic hydroxyl groups is 1. The van der Waals surface area contributed by atoms with Crippen molar-refractivity contribution >= 4 is 17.2 Å². The second-order valence-electron chi connectivity index (χ2n) is 4.66. The summed E-state index contributed by atoms with van der Waals surface area (Å²) in [6, 6.07) is 9.51. The Bertz CT molecular complexity index is 551. The summed E-state index contributed by atoms with van der Waals surface area (Å²) in [7, 11) is 0. The Labute approximate surface area is 128 Å². The van der Waals surface area contributed by atoms with Gasteiger partial charge in [0.05, 0.1) is 6.10 Å². The summed E-state index contributed by atoms with van der Waals surface area (Å²) < 4.78 is 5.40. The van der Waals surface area contributed by atoms with E-state index in [0.717, 1.165) is 12.0 Å². The summed E-state index contributed by atoms with van der Waals surface area (Å²) >= 11 is 1.52. The van der Waals surface area contributed by atoms with Crippen molar-refractivity contribution in [2.24, 2.45) is 0 Å². The summed E-state index contributed by atoms with van der Waals surface area (Å²) in [6.45, 7) is 2.22. The van der Waals surface area contributed by atoms with Crippen LogP contribution >= 0.6 is 11.3 Å². The van der Waals surface area contributed by atoms with E-state index in [1.807, 2.05) is 41.1 Å². The predicted octanol–water partition coefficient (Wildman–Crippen LogP) is 2.54. The van der Waals surface area contributed by atoms with Crippen LogP contribution in [0.2, 0.25) is 0 Å². The van der Waals surface area contributed by atoms with Crippen molar-refractivity contribution in [1.29, 1.82) is 0 Å². The maximum absolute atomic E-state index is 11.7. The van der Waals surface area contributed by atoms with Crippen LogP contribution in [0.3, 0.4) is 0 Å². The third kappa shape index (κ3) is 4.88. The SMILES string of the molecule is CCc1ccc(OCC(=O)NCC(O)c2ccsc2)cc1. The maximum Gasteiger partial charge on any atom is 0.258 e. The van der Waals surface area contributed by atoms with Gasteiger partial charge < -0.3 is 15.2 Å². The van der Waals surface area contributed by atoms with Crippen molar-refractivity contribution in [3.63, 3.8) is 0 Å². The molecule has 0 aliphatic rings. The molecule has 21 heavy (non-hydrogen) atoms. The molecule has 0 aliphatic heterocycles. The van der Waals surface area contributed by atoms with Crippen LogP contribution in [0.4, 0.5) is 0 Å². The standard InChI is InChI=1S/C16H19NO3S/c1-2-12-3-5-14(6-4-12)20-10-16(19)17-9-15(18)13-7-8-21-11-13/h3-8,11,15,18H,2,9-10H2,1H3,(H,17,19). The lowest BCUT2D eigenvalue weighted by molar-refractivity contribution is -0.123. The Hall–Kier alpha value is -1.85. The van der Waals surface area contributed by atoms with Gasteiger partial charge in [0.15, 0.2) is 6.61 Å². The number of benzene rings is 1. The molecule has 0 spiro atoms. The van der Waals surface area contributed by atoms with Crippen molar-refractivity contribution < 1.29 is 14.6 Å². The van der Waals surface area contributed by atoms with E-state index in [4.69, 9.17) is 4.74 Å². The zero-order chi connectivity index (χ0) is 15.1. The van der Waals surface area contributed by atoms with Gasteiger partial charge in [-0.05, 0) is 46.5 Å². The summed E-state index contributed by atoms with van der Waals surface area (Å²) in [4.78, 5) is 11.7.